The maximum atomic E-state index is 11.9. The van der Waals surface area contributed by atoms with Gasteiger partial charge in [0.15, 0.2) is 23.8 Å². The summed E-state index contributed by atoms with van der Waals surface area (Å²) in [6.07, 6.45) is -5.15. The molecule has 0 saturated carbocycles. The summed E-state index contributed by atoms with van der Waals surface area (Å²) in [7, 11) is 0. The largest absolute Gasteiger partial charge is 0.463 e. The molecule has 1 aromatic carbocycles. The van der Waals surface area contributed by atoms with Gasteiger partial charge in [-0.2, -0.15) is 0 Å². The van der Waals surface area contributed by atoms with E-state index in [1.165, 1.54) is 39.0 Å². The van der Waals surface area contributed by atoms with Crippen molar-refractivity contribution in [3.8, 4) is 5.75 Å². The minimum absolute atomic E-state index is 0.0262. The third-order valence-corrected chi connectivity index (χ3v) is 5.15. The number of ketones is 2. The molecule has 1 aliphatic heterocycles. The summed E-state index contributed by atoms with van der Waals surface area (Å²) in [4.78, 5) is 70.5. The van der Waals surface area contributed by atoms with E-state index >= 15 is 0 Å². The number of rotatable bonds is 10. The van der Waals surface area contributed by atoms with Gasteiger partial charge in [0, 0.05) is 27.7 Å². The molecule has 1 aliphatic rings. The number of hydrogen-bond acceptors (Lipinski definition) is 12. The third kappa shape index (κ3) is 8.80. The molecule has 0 bridgehead atoms. The second-order valence-electron chi connectivity index (χ2n) is 8.42. The minimum Gasteiger partial charge on any atom is -0.463 e. The van der Waals surface area contributed by atoms with Crippen molar-refractivity contribution in [2.45, 2.75) is 72.2 Å². The molecule has 12 heteroatoms. The molecule has 0 N–H and O–H groups in total. The standard InChI is InChI=1S/C26H30O12/c1-13(27)21(14(2)28)11-19-7-9-20(10-8-19)37-26-25(36-18(6)32)24(35-17(5)31)23(34-16(4)30)22(38-26)12-33-15(3)29/h7-11,22-26H,12H2,1-6H3/t22-,23+,24+,25+,26-/m0/s1. The summed E-state index contributed by atoms with van der Waals surface area (Å²) in [6, 6.07) is 6.18. The lowest BCUT2D eigenvalue weighted by atomic mass is 9.98. The van der Waals surface area contributed by atoms with Crippen LogP contribution < -0.4 is 4.74 Å². The lowest BCUT2D eigenvalue weighted by Crippen LogP contribution is -2.63. The number of benzene rings is 1. The molecular weight excluding hydrogens is 504 g/mol. The number of carbonyl (C=O) groups is 6. The predicted octanol–water partition coefficient (Wildman–Crippen LogP) is 1.71. The molecular formula is C26H30O12. The summed E-state index contributed by atoms with van der Waals surface area (Å²) in [5.41, 5.74) is 0.567. The van der Waals surface area contributed by atoms with E-state index in [9.17, 15) is 28.8 Å². The van der Waals surface area contributed by atoms with Crippen LogP contribution in [-0.2, 0) is 52.5 Å². The van der Waals surface area contributed by atoms with Crippen LogP contribution in [0.4, 0.5) is 0 Å². The summed E-state index contributed by atoms with van der Waals surface area (Å²) in [6.45, 7) is 6.71. The Morgan fingerprint density at radius 3 is 1.68 bits per heavy atom. The maximum absolute atomic E-state index is 11.9. The average molecular weight is 535 g/mol. The van der Waals surface area contributed by atoms with Crippen LogP contribution in [0.3, 0.4) is 0 Å². The Morgan fingerprint density at radius 2 is 1.21 bits per heavy atom. The van der Waals surface area contributed by atoms with Crippen molar-refractivity contribution in [2.24, 2.45) is 0 Å². The number of carbonyl (C=O) groups excluding carboxylic acids is 6. The highest BCUT2D eigenvalue weighted by atomic mass is 16.7. The molecule has 0 radical (unpaired) electrons. The van der Waals surface area contributed by atoms with Crippen LogP contribution in [0.15, 0.2) is 29.8 Å². The monoisotopic (exact) mass is 534 g/mol. The molecule has 1 aromatic rings. The summed E-state index contributed by atoms with van der Waals surface area (Å²) < 4.78 is 32.9. The summed E-state index contributed by atoms with van der Waals surface area (Å²) >= 11 is 0. The Labute approximate surface area is 219 Å². The Morgan fingerprint density at radius 1 is 0.711 bits per heavy atom. The first-order valence-electron chi connectivity index (χ1n) is 11.6. The summed E-state index contributed by atoms with van der Waals surface area (Å²) in [5.74, 6) is -3.45. The molecule has 0 unspecified atom stereocenters. The first-order valence-corrected chi connectivity index (χ1v) is 11.6. The van der Waals surface area contributed by atoms with Crippen molar-refractivity contribution in [3.63, 3.8) is 0 Å². The Balaban J connectivity index is 2.44. The number of hydrogen-bond donors (Lipinski definition) is 0. The van der Waals surface area contributed by atoms with Crippen LogP contribution in [0, 0.1) is 0 Å². The molecule has 0 aromatic heterocycles. The SMILES string of the molecule is CC(=O)OC[C@@H]1O[C@H](Oc2ccc(C=C(C(C)=O)C(C)=O)cc2)[C@H](OC(C)=O)[C@H](OC(C)=O)[C@@H]1OC(C)=O. The topological polar surface area (TPSA) is 158 Å². The highest BCUT2D eigenvalue weighted by Crippen LogP contribution is 2.31. The molecule has 206 valence electrons. The van der Waals surface area contributed by atoms with Crippen LogP contribution in [0.2, 0.25) is 0 Å². The zero-order valence-corrected chi connectivity index (χ0v) is 21.9. The van der Waals surface area contributed by atoms with Gasteiger partial charge in [-0.1, -0.05) is 12.1 Å². The van der Waals surface area contributed by atoms with Gasteiger partial charge in [0.25, 0.3) is 0 Å². The van der Waals surface area contributed by atoms with Gasteiger partial charge in [0.2, 0.25) is 12.4 Å². The van der Waals surface area contributed by atoms with Crippen molar-refractivity contribution < 1.29 is 57.2 Å². The zero-order chi connectivity index (χ0) is 28.6. The highest BCUT2D eigenvalue weighted by molar-refractivity contribution is 6.21. The minimum atomic E-state index is -1.39. The van der Waals surface area contributed by atoms with Gasteiger partial charge in [-0.15, -0.1) is 0 Å². The van der Waals surface area contributed by atoms with E-state index in [0.29, 0.717) is 5.56 Å². The Kier molecular flexibility index (Phi) is 10.7. The fourth-order valence-electron chi connectivity index (χ4n) is 3.68. The van der Waals surface area contributed by atoms with Crippen LogP contribution in [0.5, 0.6) is 5.75 Å². The normalized spacial score (nSPS) is 22.3. The van der Waals surface area contributed by atoms with Crippen LogP contribution in [-0.4, -0.2) is 72.8 Å². The molecule has 1 saturated heterocycles. The van der Waals surface area contributed by atoms with Gasteiger partial charge in [-0.25, -0.2) is 0 Å². The van der Waals surface area contributed by atoms with Gasteiger partial charge in [0.05, 0.1) is 5.57 Å². The Bertz CT molecular complexity index is 1090. The molecule has 12 nitrogen and oxygen atoms in total. The van der Waals surface area contributed by atoms with E-state index in [4.69, 9.17) is 28.4 Å². The smallest absolute Gasteiger partial charge is 0.303 e. The molecule has 0 spiro atoms. The fraction of sp³-hybridized carbons (Fsp3) is 0.462. The van der Waals surface area contributed by atoms with Gasteiger partial charge < -0.3 is 28.4 Å². The molecule has 1 fully saturated rings. The van der Waals surface area contributed by atoms with Gasteiger partial charge >= 0.3 is 23.9 Å². The van der Waals surface area contributed by atoms with E-state index in [2.05, 4.69) is 0 Å². The first-order chi connectivity index (χ1) is 17.8. The fourth-order valence-corrected chi connectivity index (χ4v) is 3.68. The quantitative estimate of drug-likeness (QED) is 0.141. The van der Waals surface area contributed by atoms with Crippen molar-refractivity contribution in [3.05, 3.63) is 35.4 Å². The van der Waals surface area contributed by atoms with Gasteiger partial charge in [0.1, 0.15) is 18.5 Å². The third-order valence-electron chi connectivity index (χ3n) is 5.15. The first kappa shape index (κ1) is 30.2. The van der Waals surface area contributed by atoms with E-state index in [0.717, 1.165) is 20.8 Å². The summed E-state index contributed by atoms with van der Waals surface area (Å²) in [5, 5.41) is 0. The lowest BCUT2D eigenvalue weighted by molar-refractivity contribution is -0.288. The molecule has 0 amide bonds. The average Bonchev–Trinajstić information content (AvgIpc) is 2.79. The predicted molar refractivity (Wildman–Crippen MR) is 128 cm³/mol. The Hall–Kier alpha value is -4.06. The number of esters is 4. The van der Waals surface area contributed by atoms with Gasteiger partial charge in [-0.05, 0) is 37.6 Å². The van der Waals surface area contributed by atoms with E-state index in [1.54, 1.807) is 12.1 Å². The van der Waals surface area contributed by atoms with Crippen LogP contribution in [0.25, 0.3) is 6.08 Å². The number of ether oxygens (including phenoxy) is 6. The van der Waals surface area contributed by atoms with Crippen molar-refractivity contribution >= 4 is 41.5 Å². The molecule has 5 atom stereocenters. The lowest BCUT2D eigenvalue weighted by Gasteiger charge is -2.43. The second kappa shape index (κ2) is 13.5. The molecule has 38 heavy (non-hydrogen) atoms. The van der Waals surface area contributed by atoms with Crippen molar-refractivity contribution in [1.82, 2.24) is 0 Å². The zero-order valence-electron chi connectivity index (χ0n) is 21.9. The maximum Gasteiger partial charge on any atom is 0.303 e. The van der Waals surface area contributed by atoms with E-state index < -0.39 is 54.6 Å². The molecule has 1 heterocycles. The molecule has 0 aliphatic carbocycles. The number of allylic oxidation sites excluding steroid dienone is 1. The number of Topliss-reactive ketones (excluding diaryl/α,β-unsaturated/α-hetero) is 2. The van der Waals surface area contributed by atoms with E-state index in [1.807, 2.05) is 0 Å². The highest BCUT2D eigenvalue weighted by Gasteiger charge is 2.53. The van der Waals surface area contributed by atoms with Crippen LogP contribution in [0.1, 0.15) is 47.1 Å². The van der Waals surface area contributed by atoms with Crippen LogP contribution >= 0.6 is 0 Å². The van der Waals surface area contributed by atoms with Gasteiger partial charge in [-0.3, -0.25) is 28.8 Å². The van der Waals surface area contributed by atoms with Crippen molar-refractivity contribution in [2.75, 3.05) is 6.61 Å². The second-order valence-corrected chi connectivity index (χ2v) is 8.42. The van der Waals surface area contributed by atoms with E-state index in [-0.39, 0.29) is 29.5 Å². The van der Waals surface area contributed by atoms with Crippen molar-refractivity contribution in [1.29, 1.82) is 0 Å². The molecule has 2 rings (SSSR count).